The highest BCUT2D eigenvalue weighted by atomic mass is 16.5. The molecule has 1 N–H and O–H groups in total. The first-order chi connectivity index (χ1) is 9.70. The van der Waals surface area contributed by atoms with Crippen LogP contribution < -0.4 is 5.32 Å². The van der Waals surface area contributed by atoms with Crippen molar-refractivity contribution in [3.63, 3.8) is 0 Å². The minimum atomic E-state index is -0.310. The number of hydrogen-bond donors (Lipinski definition) is 1. The molecule has 4 heteroatoms. The highest BCUT2D eigenvalue weighted by molar-refractivity contribution is 5.91. The fourth-order valence-corrected chi connectivity index (χ4v) is 2.96. The molecule has 2 fully saturated rings. The molecule has 0 aromatic heterocycles. The third-order valence-electron chi connectivity index (χ3n) is 4.20. The zero-order valence-electron chi connectivity index (χ0n) is 11.6. The van der Waals surface area contributed by atoms with Gasteiger partial charge in [-0.05, 0) is 55.0 Å². The van der Waals surface area contributed by atoms with Gasteiger partial charge >= 0.3 is 5.97 Å². The van der Waals surface area contributed by atoms with Crippen molar-refractivity contribution in [2.75, 3.05) is 20.2 Å². The van der Waals surface area contributed by atoms with Crippen LogP contribution in [0.3, 0.4) is 0 Å². The number of carbonyl (C=O) groups is 2. The van der Waals surface area contributed by atoms with Gasteiger partial charge in [-0.2, -0.15) is 0 Å². The van der Waals surface area contributed by atoms with E-state index in [0.29, 0.717) is 18.0 Å². The van der Waals surface area contributed by atoms with Crippen LogP contribution in [0.2, 0.25) is 0 Å². The fourth-order valence-electron chi connectivity index (χ4n) is 2.96. The number of methoxy groups -OCH3 is 1. The molecule has 1 aliphatic carbocycles. The molecule has 1 aromatic carbocycles. The second-order valence-corrected chi connectivity index (χ2v) is 5.59. The molecule has 2 aliphatic rings. The molecular weight excluding hydrogens is 254 g/mol. The van der Waals surface area contributed by atoms with Crippen LogP contribution in [0.1, 0.15) is 52.6 Å². The number of nitrogens with one attached hydrogen (secondary N) is 1. The molecule has 1 atom stereocenters. The first-order valence-corrected chi connectivity index (χ1v) is 7.16. The maximum Gasteiger partial charge on any atom is 0.337 e. The van der Waals surface area contributed by atoms with Crippen molar-refractivity contribution in [3.8, 4) is 0 Å². The third kappa shape index (κ3) is 2.48. The summed E-state index contributed by atoms with van der Waals surface area (Å²) in [5.74, 6) is 0.440. The van der Waals surface area contributed by atoms with Crippen LogP contribution in [0.5, 0.6) is 0 Å². The Morgan fingerprint density at radius 3 is 2.70 bits per heavy atom. The summed E-state index contributed by atoms with van der Waals surface area (Å²) in [5, 5.41) is 3.11. The molecule has 1 aromatic rings. The Hall–Kier alpha value is -1.68. The van der Waals surface area contributed by atoms with Gasteiger partial charge < -0.3 is 10.1 Å². The lowest BCUT2D eigenvalue weighted by Gasteiger charge is -2.24. The Labute approximate surface area is 118 Å². The van der Waals surface area contributed by atoms with Crippen LogP contribution in [-0.4, -0.2) is 32.0 Å². The molecule has 0 amide bonds. The van der Waals surface area contributed by atoms with Crippen LogP contribution in [0.15, 0.2) is 18.2 Å². The molecule has 1 saturated carbocycles. The van der Waals surface area contributed by atoms with Gasteiger partial charge in [-0.3, -0.25) is 4.79 Å². The number of carbonyl (C=O) groups excluding carboxylic acids is 2. The van der Waals surface area contributed by atoms with Gasteiger partial charge in [0.15, 0.2) is 5.78 Å². The standard InChI is InChI=1S/C16H19NO3/c1-20-16(19)11-4-5-12(14(8-11)10-2-3-10)13-6-7-17-9-15(13)18/h4-5,8,10,13,17H,2-3,6-7,9H2,1H3. The summed E-state index contributed by atoms with van der Waals surface area (Å²) in [5.41, 5.74) is 2.87. The second-order valence-electron chi connectivity index (χ2n) is 5.59. The molecule has 1 unspecified atom stereocenters. The van der Waals surface area contributed by atoms with Crippen LogP contribution in [0, 0.1) is 0 Å². The van der Waals surface area contributed by atoms with Crippen LogP contribution >= 0.6 is 0 Å². The topological polar surface area (TPSA) is 55.4 Å². The lowest BCUT2D eigenvalue weighted by Crippen LogP contribution is -2.36. The molecular formula is C16H19NO3. The predicted molar refractivity (Wildman–Crippen MR) is 75.0 cm³/mol. The Kier molecular flexibility index (Phi) is 3.57. The molecule has 3 rings (SSSR count). The normalized spacial score (nSPS) is 22.6. The van der Waals surface area contributed by atoms with Crippen LogP contribution in [0.4, 0.5) is 0 Å². The summed E-state index contributed by atoms with van der Waals surface area (Å²) < 4.78 is 4.78. The zero-order valence-corrected chi connectivity index (χ0v) is 11.6. The summed E-state index contributed by atoms with van der Waals surface area (Å²) in [7, 11) is 1.39. The largest absolute Gasteiger partial charge is 0.465 e. The van der Waals surface area contributed by atoms with E-state index >= 15 is 0 Å². The minimum Gasteiger partial charge on any atom is -0.465 e. The summed E-state index contributed by atoms with van der Waals surface area (Å²) in [6.07, 6.45) is 3.14. The van der Waals surface area contributed by atoms with Gasteiger partial charge in [0.25, 0.3) is 0 Å². The van der Waals surface area contributed by atoms with Crippen LogP contribution in [0.25, 0.3) is 0 Å². The summed E-state index contributed by atoms with van der Waals surface area (Å²) >= 11 is 0. The molecule has 1 heterocycles. The monoisotopic (exact) mass is 273 g/mol. The number of piperidine rings is 1. The van der Waals surface area contributed by atoms with Gasteiger partial charge in [0.05, 0.1) is 19.2 Å². The molecule has 0 bridgehead atoms. The summed E-state index contributed by atoms with van der Waals surface area (Å²) in [6.45, 7) is 1.33. The average Bonchev–Trinajstić information content (AvgIpc) is 3.31. The number of hydrogen-bond acceptors (Lipinski definition) is 4. The number of Topliss-reactive ketones (excluding diaryl/α,β-unsaturated/α-hetero) is 1. The Bertz CT molecular complexity index is 549. The number of ketones is 1. The summed E-state index contributed by atoms with van der Waals surface area (Å²) in [4.78, 5) is 23.8. The van der Waals surface area contributed by atoms with E-state index in [1.165, 1.54) is 12.7 Å². The molecule has 20 heavy (non-hydrogen) atoms. The van der Waals surface area contributed by atoms with E-state index in [1.54, 1.807) is 6.07 Å². The Morgan fingerprint density at radius 1 is 1.25 bits per heavy atom. The van der Waals surface area contributed by atoms with Crippen molar-refractivity contribution >= 4 is 11.8 Å². The average molecular weight is 273 g/mol. The van der Waals surface area contributed by atoms with Gasteiger partial charge in [0.2, 0.25) is 0 Å². The van der Waals surface area contributed by atoms with Crippen LogP contribution in [-0.2, 0) is 9.53 Å². The van der Waals surface area contributed by atoms with Gasteiger partial charge in [-0.1, -0.05) is 6.07 Å². The maximum atomic E-state index is 12.1. The fraction of sp³-hybridized carbons (Fsp3) is 0.500. The smallest absolute Gasteiger partial charge is 0.337 e. The maximum absolute atomic E-state index is 12.1. The first-order valence-electron chi connectivity index (χ1n) is 7.16. The molecule has 106 valence electrons. The van der Waals surface area contributed by atoms with Gasteiger partial charge in [0.1, 0.15) is 0 Å². The van der Waals surface area contributed by atoms with Crippen molar-refractivity contribution in [1.29, 1.82) is 0 Å². The van der Waals surface area contributed by atoms with Crippen molar-refractivity contribution < 1.29 is 14.3 Å². The van der Waals surface area contributed by atoms with Crippen molar-refractivity contribution in [2.45, 2.75) is 31.1 Å². The molecule has 0 spiro atoms. The molecule has 4 nitrogen and oxygen atoms in total. The Morgan fingerprint density at radius 2 is 2.05 bits per heavy atom. The van der Waals surface area contributed by atoms with Crippen molar-refractivity contribution in [2.24, 2.45) is 0 Å². The van der Waals surface area contributed by atoms with E-state index < -0.39 is 0 Å². The van der Waals surface area contributed by atoms with Crippen molar-refractivity contribution in [1.82, 2.24) is 5.32 Å². The number of rotatable bonds is 3. The quantitative estimate of drug-likeness (QED) is 0.856. The highest BCUT2D eigenvalue weighted by Crippen LogP contribution is 2.44. The summed E-state index contributed by atoms with van der Waals surface area (Å²) in [6, 6.07) is 5.66. The minimum absolute atomic E-state index is 0.0152. The zero-order chi connectivity index (χ0) is 14.1. The number of esters is 1. The molecule has 0 radical (unpaired) electrons. The van der Waals surface area contributed by atoms with E-state index in [9.17, 15) is 9.59 Å². The number of ether oxygens (including phenoxy) is 1. The van der Waals surface area contributed by atoms with Gasteiger partial charge in [0, 0.05) is 5.92 Å². The predicted octanol–water partition coefficient (Wildman–Crippen LogP) is 2.00. The third-order valence-corrected chi connectivity index (χ3v) is 4.20. The van der Waals surface area contributed by atoms with Crippen molar-refractivity contribution in [3.05, 3.63) is 34.9 Å². The number of benzene rings is 1. The highest BCUT2D eigenvalue weighted by Gasteiger charge is 2.32. The molecule has 1 aliphatic heterocycles. The molecule has 1 saturated heterocycles. The lowest BCUT2D eigenvalue weighted by atomic mass is 9.84. The van der Waals surface area contributed by atoms with E-state index in [4.69, 9.17) is 4.74 Å². The van der Waals surface area contributed by atoms with Gasteiger partial charge in [-0.15, -0.1) is 0 Å². The lowest BCUT2D eigenvalue weighted by molar-refractivity contribution is -0.120. The SMILES string of the molecule is COC(=O)c1ccc(C2CCNCC2=O)c(C2CC2)c1. The second kappa shape index (κ2) is 5.37. The van der Waals surface area contributed by atoms with E-state index in [-0.39, 0.29) is 17.7 Å². The van der Waals surface area contributed by atoms with E-state index in [2.05, 4.69) is 5.32 Å². The van der Waals surface area contributed by atoms with E-state index in [1.807, 2.05) is 12.1 Å². The van der Waals surface area contributed by atoms with E-state index in [0.717, 1.165) is 31.4 Å². The first kappa shape index (κ1) is 13.3. The van der Waals surface area contributed by atoms with Gasteiger partial charge in [-0.25, -0.2) is 4.79 Å². The Balaban J connectivity index is 1.97.